The van der Waals surface area contributed by atoms with Gasteiger partial charge in [-0.05, 0) is 61.6 Å². The minimum Gasteiger partial charge on any atom is -0.490 e. The first-order chi connectivity index (χ1) is 13.9. The maximum absolute atomic E-state index is 11.5. The van der Waals surface area contributed by atoms with Gasteiger partial charge in [0.15, 0.2) is 0 Å². The molecule has 2 aromatic carbocycles. The number of aryl methyl sites for hydroxylation is 2. The summed E-state index contributed by atoms with van der Waals surface area (Å²) in [6.45, 7) is 7.56. The summed E-state index contributed by atoms with van der Waals surface area (Å²) in [5.41, 5.74) is 4.55. The normalized spacial score (nSPS) is 10.4. The molecule has 0 radical (unpaired) electrons. The Hall–Kier alpha value is -3.02. The van der Waals surface area contributed by atoms with E-state index in [-0.39, 0.29) is 18.7 Å². The number of carbonyl (C=O) groups is 2. The van der Waals surface area contributed by atoms with Crippen molar-refractivity contribution in [3.8, 4) is 11.5 Å². The lowest BCUT2D eigenvalue weighted by molar-refractivity contribution is -0.138. The Morgan fingerprint density at radius 2 is 1.55 bits per heavy atom. The summed E-state index contributed by atoms with van der Waals surface area (Å²) >= 11 is 0. The Bertz CT molecular complexity index is 830. The van der Waals surface area contributed by atoms with Crippen LogP contribution in [0.3, 0.4) is 0 Å². The highest BCUT2D eigenvalue weighted by atomic mass is 16.5. The first-order valence-electron chi connectivity index (χ1n) is 9.76. The van der Waals surface area contributed by atoms with Crippen LogP contribution in [-0.2, 0) is 16.0 Å². The van der Waals surface area contributed by atoms with Gasteiger partial charge in [-0.25, -0.2) is 0 Å². The van der Waals surface area contributed by atoms with E-state index < -0.39 is 5.97 Å². The molecule has 0 unspecified atom stereocenters. The van der Waals surface area contributed by atoms with Crippen LogP contribution in [-0.4, -0.2) is 36.7 Å². The summed E-state index contributed by atoms with van der Waals surface area (Å²) in [6.07, 6.45) is 0.532. The summed E-state index contributed by atoms with van der Waals surface area (Å²) in [5.74, 6) is 0.478. The molecule has 0 heterocycles. The third-order valence-electron chi connectivity index (χ3n) is 4.70. The van der Waals surface area contributed by atoms with Gasteiger partial charge in [-0.3, -0.25) is 9.59 Å². The summed E-state index contributed by atoms with van der Waals surface area (Å²) in [6, 6.07) is 11.8. The molecule has 0 saturated heterocycles. The second-order valence-electron chi connectivity index (χ2n) is 6.99. The number of benzene rings is 2. The van der Waals surface area contributed by atoms with Crippen molar-refractivity contribution in [1.82, 2.24) is 5.32 Å². The molecule has 0 bridgehead atoms. The van der Waals surface area contributed by atoms with Crippen molar-refractivity contribution in [2.24, 2.45) is 0 Å². The minimum absolute atomic E-state index is 0.00574. The molecule has 0 saturated carbocycles. The summed E-state index contributed by atoms with van der Waals surface area (Å²) in [7, 11) is 0. The largest absolute Gasteiger partial charge is 0.490 e. The molecule has 156 valence electrons. The number of carboxylic acid groups (broad SMARTS) is 1. The van der Waals surface area contributed by atoms with Gasteiger partial charge < -0.3 is 19.9 Å². The van der Waals surface area contributed by atoms with Crippen LogP contribution in [0, 0.1) is 20.8 Å². The molecular formula is C23H29NO5. The molecule has 0 atom stereocenters. The third kappa shape index (κ3) is 7.49. The maximum Gasteiger partial charge on any atom is 0.303 e. The lowest BCUT2D eigenvalue weighted by Gasteiger charge is -2.14. The quantitative estimate of drug-likeness (QED) is 0.564. The molecular weight excluding hydrogens is 370 g/mol. The van der Waals surface area contributed by atoms with Gasteiger partial charge in [-0.1, -0.05) is 24.3 Å². The van der Waals surface area contributed by atoms with E-state index in [0.29, 0.717) is 26.2 Å². The highest BCUT2D eigenvalue weighted by molar-refractivity contribution is 5.80. The van der Waals surface area contributed by atoms with Crippen molar-refractivity contribution < 1.29 is 24.2 Å². The van der Waals surface area contributed by atoms with Crippen LogP contribution < -0.4 is 14.8 Å². The van der Waals surface area contributed by atoms with Gasteiger partial charge in [-0.15, -0.1) is 0 Å². The number of hydrogen-bond donors (Lipinski definition) is 2. The standard InChI is InChI=1S/C23H29NO5/c1-16-4-5-17(2)23(18(16)3)29-15-14-28-20-8-6-19(7-9-20)12-13-24-21(25)10-11-22(26)27/h4-9H,10-15H2,1-3H3,(H,24,25)(H,26,27). The van der Waals surface area contributed by atoms with Crippen LogP contribution in [0.2, 0.25) is 0 Å². The average Bonchev–Trinajstić information content (AvgIpc) is 2.70. The number of carboxylic acids is 1. The lowest BCUT2D eigenvalue weighted by Crippen LogP contribution is -2.26. The molecule has 0 aliphatic heterocycles. The molecule has 29 heavy (non-hydrogen) atoms. The fourth-order valence-electron chi connectivity index (χ4n) is 2.86. The number of carbonyl (C=O) groups excluding carboxylic acids is 1. The van der Waals surface area contributed by atoms with Gasteiger partial charge in [0.2, 0.25) is 5.91 Å². The van der Waals surface area contributed by atoms with E-state index in [1.165, 1.54) is 5.56 Å². The molecule has 0 aliphatic rings. The Balaban J connectivity index is 1.69. The Kier molecular flexibility index (Phi) is 8.52. The summed E-state index contributed by atoms with van der Waals surface area (Å²) in [4.78, 5) is 21.9. The van der Waals surface area contributed by atoms with Crippen molar-refractivity contribution in [2.45, 2.75) is 40.0 Å². The van der Waals surface area contributed by atoms with E-state index >= 15 is 0 Å². The molecule has 0 spiro atoms. The first kappa shape index (κ1) is 22.3. The van der Waals surface area contributed by atoms with E-state index in [9.17, 15) is 9.59 Å². The van der Waals surface area contributed by atoms with Crippen molar-refractivity contribution in [1.29, 1.82) is 0 Å². The first-order valence-corrected chi connectivity index (χ1v) is 9.76. The Morgan fingerprint density at radius 1 is 0.897 bits per heavy atom. The summed E-state index contributed by atoms with van der Waals surface area (Å²) in [5, 5.41) is 11.3. The SMILES string of the molecule is Cc1ccc(C)c(OCCOc2ccc(CCNC(=O)CCC(=O)O)cc2)c1C. The number of hydrogen-bond acceptors (Lipinski definition) is 4. The van der Waals surface area contributed by atoms with Crippen LogP contribution in [0.15, 0.2) is 36.4 Å². The van der Waals surface area contributed by atoms with Gasteiger partial charge in [0.05, 0.1) is 6.42 Å². The van der Waals surface area contributed by atoms with Gasteiger partial charge in [0.25, 0.3) is 0 Å². The van der Waals surface area contributed by atoms with Gasteiger partial charge in [0.1, 0.15) is 24.7 Å². The van der Waals surface area contributed by atoms with E-state index in [2.05, 4.69) is 31.3 Å². The van der Waals surface area contributed by atoms with Crippen molar-refractivity contribution in [2.75, 3.05) is 19.8 Å². The molecule has 2 aromatic rings. The number of nitrogens with one attached hydrogen (secondary N) is 1. The van der Waals surface area contributed by atoms with E-state index in [1.807, 2.05) is 31.2 Å². The predicted molar refractivity (Wildman–Crippen MR) is 112 cm³/mol. The maximum atomic E-state index is 11.5. The van der Waals surface area contributed by atoms with Crippen LogP contribution in [0.4, 0.5) is 0 Å². The molecule has 2 N–H and O–H groups in total. The zero-order valence-corrected chi connectivity index (χ0v) is 17.3. The van der Waals surface area contributed by atoms with Crippen molar-refractivity contribution in [3.05, 3.63) is 58.7 Å². The average molecular weight is 399 g/mol. The van der Waals surface area contributed by atoms with E-state index in [4.69, 9.17) is 14.6 Å². The molecule has 0 aromatic heterocycles. The van der Waals surface area contributed by atoms with Crippen LogP contribution in [0.25, 0.3) is 0 Å². The fourth-order valence-corrected chi connectivity index (χ4v) is 2.86. The van der Waals surface area contributed by atoms with E-state index in [1.54, 1.807) is 0 Å². The molecule has 0 aliphatic carbocycles. The number of aliphatic carboxylic acids is 1. The van der Waals surface area contributed by atoms with Crippen molar-refractivity contribution >= 4 is 11.9 Å². The second kappa shape index (κ2) is 11.1. The predicted octanol–water partition coefficient (Wildman–Crippen LogP) is 3.59. The molecule has 0 fully saturated rings. The van der Waals surface area contributed by atoms with Gasteiger partial charge >= 0.3 is 5.97 Å². The minimum atomic E-state index is -0.967. The van der Waals surface area contributed by atoms with Crippen molar-refractivity contribution in [3.63, 3.8) is 0 Å². The smallest absolute Gasteiger partial charge is 0.303 e. The Labute approximate surface area is 171 Å². The molecule has 1 amide bonds. The van der Waals surface area contributed by atoms with E-state index in [0.717, 1.165) is 28.2 Å². The van der Waals surface area contributed by atoms with Gasteiger partial charge in [-0.2, -0.15) is 0 Å². The second-order valence-corrected chi connectivity index (χ2v) is 6.99. The highest BCUT2D eigenvalue weighted by Crippen LogP contribution is 2.25. The lowest BCUT2D eigenvalue weighted by atomic mass is 10.1. The zero-order valence-electron chi connectivity index (χ0n) is 17.3. The third-order valence-corrected chi connectivity index (χ3v) is 4.70. The van der Waals surface area contributed by atoms with Gasteiger partial charge in [0, 0.05) is 13.0 Å². The highest BCUT2D eigenvalue weighted by Gasteiger charge is 2.07. The number of rotatable bonds is 11. The molecule has 2 rings (SSSR count). The molecule has 6 nitrogen and oxygen atoms in total. The van der Waals surface area contributed by atoms with Crippen LogP contribution in [0.5, 0.6) is 11.5 Å². The zero-order chi connectivity index (χ0) is 21.2. The molecule has 6 heteroatoms. The van der Waals surface area contributed by atoms with Crippen LogP contribution >= 0.6 is 0 Å². The fraction of sp³-hybridized carbons (Fsp3) is 0.391. The topological polar surface area (TPSA) is 84.9 Å². The summed E-state index contributed by atoms with van der Waals surface area (Å²) < 4.78 is 11.6. The Morgan fingerprint density at radius 3 is 2.24 bits per heavy atom. The number of ether oxygens (including phenoxy) is 2. The monoisotopic (exact) mass is 399 g/mol. The number of amides is 1. The van der Waals surface area contributed by atoms with Crippen LogP contribution in [0.1, 0.15) is 35.1 Å².